The molecule has 0 aliphatic carbocycles. The first kappa shape index (κ1) is 11.7. The fourth-order valence-corrected chi connectivity index (χ4v) is 0.968. The Balaban J connectivity index is 0.00000121. The number of nitrogens with zero attached hydrogens (tertiary/aromatic N) is 3. The van der Waals surface area contributed by atoms with Crippen molar-refractivity contribution in [2.24, 2.45) is 0 Å². The van der Waals surface area contributed by atoms with Crippen LogP contribution in [0.2, 0.25) is 0 Å². The van der Waals surface area contributed by atoms with E-state index in [1.54, 1.807) is 0 Å². The normalized spacial score (nSPS) is 9.50. The topological polar surface area (TPSA) is 39.9 Å². The maximum Gasteiger partial charge on any atom is 1.00 e. The summed E-state index contributed by atoms with van der Waals surface area (Å²) in [6.07, 6.45) is 4.10. The second-order valence-corrected chi connectivity index (χ2v) is 2.64. The summed E-state index contributed by atoms with van der Waals surface area (Å²) in [5.74, 6) is 1.80. The second-order valence-electron chi connectivity index (χ2n) is 2.64. The Morgan fingerprint density at radius 1 is 1.00 bits per heavy atom. The zero-order valence-corrected chi connectivity index (χ0v) is 8.41. The third-order valence-electron chi connectivity index (χ3n) is 1.49. The minimum absolute atomic E-state index is 0. The largest absolute Gasteiger partial charge is 1.00 e. The van der Waals surface area contributed by atoms with Crippen molar-refractivity contribution in [2.45, 2.75) is 39.5 Å². The number of aromatic nitrogens is 3. The van der Waals surface area contributed by atoms with E-state index in [1.165, 1.54) is 0 Å². The van der Waals surface area contributed by atoms with E-state index >= 15 is 0 Å². The van der Waals surface area contributed by atoms with Gasteiger partial charge in [0.15, 0.2) is 0 Å². The average molecular weight is 216 g/mol. The van der Waals surface area contributed by atoms with Gasteiger partial charge in [-0.3, -0.25) is 0 Å². The summed E-state index contributed by atoms with van der Waals surface area (Å²) in [4.78, 5) is 4.27. The van der Waals surface area contributed by atoms with E-state index in [0.29, 0.717) is 0 Å². The molecule has 0 atom stereocenters. The molecule has 0 saturated carbocycles. The fraction of sp³-hybridized carbons (Fsp3) is 0.750. The van der Waals surface area contributed by atoms with Gasteiger partial charge in [0.25, 0.3) is 0 Å². The van der Waals surface area contributed by atoms with E-state index in [0.717, 1.165) is 37.3 Å². The molecule has 1 aromatic rings. The van der Waals surface area contributed by atoms with Gasteiger partial charge in [0.1, 0.15) is 0 Å². The van der Waals surface area contributed by atoms with Gasteiger partial charge in [-0.05, 0) is 24.5 Å². The molecule has 0 amide bonds. The van der Waals surface area contributed by atoms with Crippen LogP contribution in [0.5, 0.6) is 0 Å². The molecule has 0 bridgehead atoms. The van der Waals surface area contributed by atoms with Crippen LogP contribution < -0.4 is 4.98 Å². The first-order valence-corrected chi connectivity index (χ1v) is 4.22. The van der Waals surface area contributed by atoms with Crippen LogP contribution >= 0.6 is 0 Å². The zero-order chi connectivity index (χ0) is 8.10. The van der Waals surface area contributed by atoms with Crippen LogP contribution in [-0.4, -0.2) is 10.2 Å². The maximum atomic E-state index is 4.27. The Bertz CT molecular complexity index is 189. The van der Waals surface area contributed by atoms with E-state index in [-0.39, 0.29) is 17.1 Å². The summed E-state index contributed by atoms with van der Waals surface area (Å²) in [5, 5.41) is 7.93. The van der Waals surface area contributed by atoms with Gasteiger partial charge in [0, 0.05) is 0 Å². The van der Waals surface area contributed by atoms with Crippen LogP contribution in [0.1, 0.15) is 38.3 Å². The van der Waals surface area contributed by atoms with Gasteiger partial charge in [-0.2, -0.15) is 0 Å². The summed E-state index contributed by atoms with van der Waals surface area (Å²) < 4.78 is 0. The van der Waals surface area contributed by atoms with Gasteiger partial charge in [-0.15, -0.1) is 0 Å². The van der Waals surface area contributed by atoms with E-state index in [9.17, 15) is 0 Å². The molecule has 0 N–H and O–H groups in total. The third kappa shape index (κ3) is 3.37. The Kier molecular flexibility index (Phi) is 6.03. The molecule has 1 aromatic heterocycles. The van der Waals surface area contributed by atoms with Gasteiger partial charge in [0.05, 0.1) is 0 Å². The third-order valence-corrected chi connectivity index (χ3v) is 1.49. The van der Waals surface area contributed by atoms with Gasteiger partial charge in [0.2, 0.25) is 0 Å². The number of aryl methyl sites for hydroxylation is 2. The number of hydrogen-bond donors (Lipinski definition) is 0. The van der Waals surface area contributed by atoms with Gasteiger partial charge in [-0.25, -0.2) is 0 Å². The summed E-state index contributed by atoms with van der Waals surface area (Å²) in [5.41, 5.74) is 0. The summed E-state index contributed by atoms with van der Waals surface area (Å²) in [6, 6.07) is 0. The molecule has 4 heteroatoms. The predicted molar refractivity (Wildman–Crippen MR) is 43.3 cm³/mol. The Morgan fingerprint density at radius 2 is 1.42 bits per heavy atom. The second kappa shape index (κ2) is 6.21. The van der Waals surface area contributed by atoms with Crippen molar-refractivity contribution in [3.05, 3.63) is 11.6 Å². The zero-order valence-electron chi connectivity index (χ0n) is 7.47. The first-order valence-electron chi connectivity index (χ1n) is 4.22. The van der Waals surface area contributed by atoms with Crippen molar-refractivity contribution in [1.29, 1.82) is 0 Å². The smallest absolute Gasteiger partial charge is 0.367 e. The molecular formula is C8H14CuN3. The molecule has 0 radical (unpaired) electrons. The van der Waals surface area contributed by atoms with Gasteiger partial charge in [-0.1, -0.05) is 26.7 Å². The molecule has 1 rings (SSSR count). The van der Waals surface area contributed by atoms with Crippen molar-refractivity contribution in [2.75, 3.05) is 0 Å². The maximum absolute atomic E-state index is 4.27. The van der Waals surface area contributed by atoms with E-state index < -0.39 is 0 Å². The molecule has 0 aromatic carbocycles. The van der Waals surface area contributed by atoms with Crippen LogP contribution in [0.25, 0.3) is 0 Å². The Labute approximate surface area is 83.8 Å². The molecule has 72 valence electrons. The van der Waals surface area contributed by atoms with E-state index in [2.05, 4.69) is 29.0 Å². The van der Waals surface area contributed by atoms with E-state index in [1.807, 2.05) is 0 Å². The van der Waals surface area contributed by atoms with Crippen LogP contribution in [0, 0.1) is 0 Å². The van der Waals surface area contributed by atoms with Crippen molar-refractivity contribution in [1.82, 2.24) is 15.2 Å². The van der Waals surface area contributed by atoms with Crippen molar-refractivity contribution < 1.29 is 17.1 Å². The molecule has 0 spiro atoms. The Morgan fingerprint density at radius 3 is 1.75 bits per heavy atom. The standard InChI is InChI=1S/C8H14N3.Cu/c1-3-5-7-9-8(6-4-2)11-10-7;/h3-6H2,1-2H3;/q-1;+1. The fourth-order valence-electron chi connectivity index (χ4n) is 0.968. The summed E-state index contributed by atoms with van der Waals surface area (Å²) in [7, 11) is 0. The molecule has 0 saturated heterocycles. The van der Waals surface area contributed by atoms with Crippen molar-refractivity contribution in [3.63, 3.8) is 0 Å². The van der Waals surface area contributed by atoms with E-state index in [4.69, 9.17) is 0 Å². The number of hydrogen-bond acceptors (Lipinski definition) is 2. The quantitative estimate of drug-likeness (QED) is 0.712. The summed E-state index contributed by atoms with van der Waals surface area (Å²) >= 11 is 0. The monoisotopic (exact) mass is 215 g/mol. The SMILES string of the molecule is CCCc1nnc(CCC)[n-]1.[Cu+]. The first-order chi connectivity index (χ1) is 5.36. The molecule has 12 heavy (non-hydrogen) atoms. The molecule has 3 nitrogen and oxygen atoms in total. The van der Waals surface area contributed by atoms with Crippen molar-refractivity contribution in [3.8, 4) is 0 Å². The van der Waals surface area contributed by atoms with Crippen LogP contribution in [-0.2, 0) is 29.9 Å². The average Bonchev–Trinajstić information content (AvgIpc) is 2.38. The molecule has 0 aliphatic heterocycles. The molecule has 0 aliphatic rings. The van der Waals surface area contributed by atoms with Crippen LogP contribution in [0.3, 0.4) is 0 Å². The van der Waals surface area contributed by atoms with Gasteiger partial charge >= 0.3 is 17.1 Å². The molecule has 1 heterocycles. The van der Waals surface area contributed by atoms with Crippen molar-refractivity contribution >= 4 is 0 Å². The molecule has 0 fully saturated rings. The molecular weight excluding hydrogens is 202 g/mol. The Hall–Kier alpha value is -0.341. The molecule has 0 unspecified atom stereocenters. The van der Waals surface area contributed by atoms with Crippen LogP contribution in [0.15, 0.2) is 0 Å². The predicted octanol–water partition coefficient (Wildman–Crippen LogP) is 1.34. The number of rotatable bonds is 4. The minimum Gasteiger partial charge on any atom is -0.367 e. The summed E-state index contributed by atoms with van der Waals surface area (Å²) in [6.45, 7) is 4.24. The van der Waals surface area contributed by atoms with Gasteiger partial charge < -0.3 is 15.2 Å². The minimum atomic E-state index is 0. The van der Waals surface area contributed by atoms with Crippen LogP contribution in [0.4, 0.5) is 0 Å².